The molecule has 2 N–H and O–H groups in total. The molecular weight excluding hydrogens is 583 g/mol. The topological polar surface area (TPSA) is 94.9 Å². The maximum absolute atomic E-state index is 14.0. The third kappa shape index (κ3) is 5.34. The van der Waals surface area contributed by atoms with Gasteiger partial charge in [-0.15, -0.1) is 0 Å². The number of halogens is 7. The maximum atomic E-state index is 14.0. The number of rotatable bonds is 5. The molecule has 2 fully saturated rings. The highest BCUT2D eigenvalue weighted by Gasteiger charge is 2.71. The first-order chi connectivity index (χ1) is 18.8. The molecule has 2 aromatic carbocycles. The number of sulfone groups is 1. The van der Waals surface area contributed by atoms with Crippen LogP contribution in [-0.2, 0) is 25.0 Å². The van der Waals surface area contributed by atoms with E-state index in [0.29, 0.717) is 25.0 Å². The van der Waals surface area contributed by atoms with Crippen molar-refractivity contribution in [3.05, 3.63) is 65.5 Å². The summed E-state index contributed by atoms with van der Waals surface area (Å²) in [5, 5.41) is 20.0. The fraction of sp³-hybridized carbons (Fsp3) is 0.519. The number of piperidine rings is 1. The van der Waals surface area contributed by atoms with Gasteiger partial charge < -0.3 is 15.1 Å². The summed E-state index contributed by atoms with van der Waals surface area (Å²) in [5.41, 5.74) is -7.89. The Morgan fingerprint density at radius 2 is 1.41 bits per heavy atom. The first-order valence-corrected chi connectivity index (χ1v) is 14.2. The zero-order valence-corrected chi connectivity index (χ0v) is 22.6. The van der Waals surface area contributed by atoms with Crippen molar-refractivity contribution in [2.24, 2.45) is 5.92 Å². The average Bonchev–Trinajstić information content (AvgIpc) is 3.34. The molecule has 1 saturated carbocycles. The Morgan fingerprint density at radius 1 is 0.902 bits per heavy atom. The minimum Gasteiger partial charge on any atom is -0.390 e. The number of nitrogens with zero attached hydrogens (tertiary/aromatic N) is 1. The van der Waals surface area contributed by atoms with Gasteiger partial charge in [-0.1, -0.05) is 24.3 Å². The normalized spacial score (nSPS) is 24.0. The van der Waals surface area contributed by atoms with Gasteiger partial charge in [-0.3, -0.25) is 4.79 Å². The monoisotopic (exact) mass is 611 g/mol. The van der Waals surface area contributed by atoms with Crippen LogP contribution in [0.5, 0.6) is 0 Å². The van der Waals surface area contributed by atoms with E-state index < -0.39 is 55.4 Å². The molecule has 4 rings (SSSR count). The van der Waals surface area contributed by atoms with Crippen molar-refractivity contribution < 1.29 is 54.2 Å². The van der Waals surface area contributed by atoms with Crippen molar-refractivity contribution in [3.8, 4) is 0 Å². The van der Waals surface area contributed by atoms with Crippen LogP contribution >= 0.6 is 0 Å². The third-order valence-corrected chi connectivity index (χ3v) is 10.8. The van der Waals surface area contributed by atoms with Crippen LogP contribution in [-0.4, -0.2) is 60.5 Å². The van der Waals surface area contributed by atoms with Gasteiger partial charge in [0.25, 0.3) is 5.60 Å². The van der Waals surface area contributed by atoms with Crippen LogP contribution in [0.4, 0.5) is 30.7 Å². The summed E-state index contributed by atoms with van der Waals surface area (Å²) in [6, 6.07) is 6.10. The number of hydrogen-bond acceptors (Lipinski definition) is 5. The molecule has 1 saturated heterocycles. The second-order valence-electron chi connectivity index (χ2n) is 11.0. The SMILES string of the molecule is CC1(O)CCN(C(=O)[C@@H]2CC[C@](c3ccc(C(O)(C(F)(F)F)C(F)(F)F)cc3)(S(=O)(=O)c3ccc(F)cc3)C2)CC1. The Hall–Kier alpha value is -2.71. The number of aliphatic hydroxyl groups is 2. The third-order valence-electron chi connectivity index (χ3n) is 8.26. The first-order valence-electron chi connectivity index (χ1n) is 12.7. The lowest BCUT2D eigenvalue weighted by molar-refractivity contribution is -0.376. The fourth-order valence-corrected chi connectivity index (χ4v) is 7.89. The summed E-state index contributed by atoms with van der Waals surface area (Å²) >= 11 is 0. The number of carbonyl (C=O) groups is 1. The predicted octanol–water partition coefficient (Wildman–Crippen LogP) is 4.98. The lowest BCUT2D eigenvalue weighted by Crippen LogP contribution is -2.53. The second kappa shape index (κ2) is 10.2. The molecular formula is C27H28F7NO5S. The van der Waals surface area contributed by atoms with Gasteiger partial charge >= 0.3 is 12.4 Å². The Balaban J connectivity index is 1.77. The lowest BCUT2D eigenvalue weighted by Gasteiger charge is -2.37. The zero-order chi connectivity index (χ0) is 30.6. The van der Waals surface area contributed by atoms with Crippen LogP contribution in [0.2, 0.25) is 0 Å². The summed E-state index contributed by atoms with van der Waals surface area (Å²) in [7, 11) is -4.48. The van der Waals surface area contributed by atoms with Gasteiger partial charge in [-0.25, -0.2) is 12.8 Å². The summed E-state index contributed by atoms with van der Waals surface area (Å²) in [5.74, 6) is -1.96. The molecule has 1 heterocycles. The molecule has 0 unspecified atom stereocenters. The van der Waals surface area contributed by atoms with Crippen molar-refractivity contribution in [2.75, 3.05) is 13.1 Å². The Morgan fingerprint density at radius 3 is 1.90 bits per heavy atom. The van der Waals surface area contributed by atoms with Gasteiger partial charge in [0.2, 0.25) is 5.91 Å². The summed E-state index contributed by atoms with van der Waals surface area (Å²) in [6.45, 7) is 2.08. The van der Waals surface area contributed by atoms with Crippen LogP contribution < -0.4 is 0 Å². The van der Waals surface area contributed by atoms with Crippen LogP contribution in [0, 0.1) is 11.7 Å². The average molecular weight is 612 g/mol. The van der Waals surface area contributed by atoms with Crippen molar-refractivity contribution in [2.45, 2.75) is 72.2 Å². The molecule has 0 radical (unpaired) electrons. The van der Waals surface area contributed by atoms with Crippen LogP contribution in [0.25, 0.3) is 0 Å². The number of likely N-dealkylation sites (tertiary alicyclic amines) is 1. The van der Waals surface area contributed by atoms with E-state index in [1.54, 1.807) is 6.92 Å². The molecule has 226 valence electrons. The molecule has 0 spiro atoms. The van der Waals surface area contributed by atoms with Gasteiger partial charge in [0, 0.05) is 24.6 Å². The van der Waals surface area contributed by atoms with Crippen LogP contribution in [0.3, 0.4) is 0 Å². The highest BCUT2D eigenvalue weighted by atomic mass is 32.2. The highest BCUT2D eigenvalue weighted by Crippen LogP contribution is 2.53. The van der Waals surface area contributed by atoms with E-state index in [1.807, 2.05) is 0 Å². The maximum Gasteiger partial charge on any atom is 0.430 e. The molecule has 0 aromatic heterocycles. The highest BCUT2D eigenvalue weighted by molar-refractivity contribution is 7.92. The standard InChI is InChI=1S/C27H28F7NO5S/c1-23(37)12-14-35(15-13-23)22(36)17-10-11-24(16-17,41(39,40)21-8-6-20(28)7-9-21)18-2-4-19(5-3-18)25(38,26(29,30)31)27(32,33)34/h2-9,17,37-38H,10-16H2,1H3/t17-,24+/m1/s1. The molecule has 6 nitrogen and oxygen atoms in total. The van der Waals surface area contributed by atoms with E-state index in [-0.39, 0.29) is 48.7 Å². The minimum absolute atomic E-state index is 0.0446. The van der Waals surface area contributed by atoms with Crippen molar-refractivity contribution in [1.29, 1.82) is 0 Å². The van der Waals surface area contributed by atoms with E-state index in [1.165, 1.54) is 4.90 Å². The fourth-order valence-electron chi connectivity index (χ4n) is 5.69. The number of carbonyl (C=O) groups excluding carboxylic acids is 1. The van der Waals surface area contributed by atoms with Gasteiger partial charge in [0.1, 0.15) is 10.6 Å². The molecule has 41 heavy (non-hydrogen) atoms. The van der Waals surface area contributed by atoms with E-state index in [9.17, 15) is 54.2 Å². The van der Waals surface area contributed by atoms with Gasteiger partial charge in [-0.2, -0.15) is 26.3 Å². The largest absolute Gasteiger partial charge is 0.430 e. The molecule has 14 heteroatoms. The number of hydrogen-bond donors (Lipinski definition) is 2. The van der Waals surface area contributed by atoms with E-state index >= 15 is 0 Å². The minimum atomic E-state index is -6.13. The van der Waals surface area contributed by atoms with Gasteiger partial charge in [-0.05, 0) is 68.9 Å². The Labute approximate surface area is 231 Å². The lowest BCUT2D eigenvalue weighted by atomic mass is 9.88. The van der Waals surface area contributed by atoms with E-state index in [4.69, 9.17) is 0 Å². The quantitative estimate of drug-likeness (QED) is 0.368. The summed E-state index contributed by atoms with van der Waals surface area (Å²) < 4.78 is 120. The number of benzene rings is 2. The van der Waals surface area contributed by atoms with Crippen molar-refractivity contribution in [1.82, 2.24) is 4.90 Å². The molecule has 2 atom stereocenters. The summed E-state index contributed by atoms with van der Waals surface area (Å²) in [4.78, 5) is 14.5. The van der Waals surface area contributed by atoms with Crippen molar-refractivity contribution >= 4 is 15.7 Å². The Bertz CT molecular complexity index is 1370. The number of amides is 1. The van der Waals surface area contributed by atoms with Gasteiger partial charge in [0.05, 0.1) is 10.5 Å². The molecule has 1 amide bonds. The zero-order valence-electron chi connectivity index (χ0n) is 21.8. The molecule has 1 aliphatic heterocycles. The summed E-state index contributed by atoms with van der Waals surface area (Å²) in [6.07, 6.45) is -12.1. The predicted molar refractivity (Wildman–Crippen MR) is 131 cm³/mol. The smallest absolute Gasteiger partial charge is 0.390 e. The number of alkyl halides is 6. The second-order valence-corrected chi connectivity index (χ2v) is 13.3. The van der Waals surface area contributed by atoms with Crippen LogP contribution in [0.15, 0.2) is 53.4 Å². The first kappa shape index (κ1) is 31.2. The van der Waals surface area contributed by atoms with Gasteiger partial charge in [0.15, 0.2) is 9.84 Å². The van der Waals surface area contributed by atoms with E-state index in [2.05, 4.69) is 0 Å². The molecule has 0 bridgehead atoms. The van der Waals surface area contributed by atoms with Crippen LogP contribution in [0.1, 0.15) is 50.2 Å². The Kier molecular flexibility index (Phi) is 7.79. The molecule has 2 aromatic rings. The van der Waals surface area contributed by atoms with E-state index in [0.717, 1.165) is 36.4 Å². The molecule has 1 aliphatic carbocycles. The molecule has 2 aliphatic rings. The van der Waals surface area contributed by atoms with Crippen molar-refractivity contribution in [3.63, 3.8) is 0 Å².